The van der Waals surface area contributed by atoms with E-state index in [0.717, 1.165) is 17.5 Å². The smallest absolute Gasteiger partial charge is 0.248 e. The van der Waals surface area contributed by atoms with Crippen molar-refractivity contribution < 1.29 is 4.79 Å². The number of nitrogens with one attached hydrogen (secondary N) is 2. The molecule has 144 valence electrons. The maximum atomic E-state index is 11.5. The fourth-order valence-corrected chi connectivity index (χ4v) is 2.63. The molecule has 0 fully saturated rings. The summed E-state index contributed by atoms with van der Waals surface area (Å²) in [6.45, 7) is 7.31. The van der Waals surface area contributed by atoms with Crippen LogP contribution in [0.5, 0.6) is 0 Å². The van der Waals surface area contributed by atoms with Crippen molar-refractivity contribution in [2.45, 2.75) is 34.1 Å². The van der Waals surface area contributed by atoms with Crippen LogP contribution in [-0.4, -0.2) is 27.4 Å². The maximum absolute atomic E-state index is 11.5. The fraction of sp³-hybridized carbons (Fsp3) is 0.300. The summed E-state index contributed by atoms with van der Waals surface area (Å²) in [5.41, 5.74) is 15.3. The summed E-state index contributed by atoms with van der Waals surface area (Å²) >= 11 is 0. The molecule has 0 spiro atoms. The number of imidazole rings is 1. The van der Waals surface area contributed by atoms with Gasteiger partial charge in [-0.15, -0.1) is 0 Å². The van der Waals surface area contributed by atoms with Crippen LogP contribution in [0.4, 0.5) is 0 Å². The predicted octanol–water partition coefficient (Wildman–Crippen LogP) is 2.95. The number of aromatic nitrogens is 2. The third-order valence-electron chi connectivity index (χ3n) is 3.93. The van der Waals surface area contributed by atoms with Crippen molar-refractivity contribution in [2.24, 2.45) is 18.5 Å². The summed E-state index contributed by atoms with van der Waals surface area (Å²) in [7, 11) is 1.85. The molecule has 0 aliphatic carbocycles. The zero-order valence-electron chi connectivity index (χ0n) is 16.6. The first-order chi connectivity index (χ1) is 12.6. The second kappa shape index (κ2) is 9.47. The molecule has 1 aromatic rings. The molecule has 27 heavy (non-hydrogen) atoms. The van der Waals surface area contributed by atoms with Crippen molar-refractivity contribution in [2.75, 3.05) is 0 Å². The van der Waals surface area contributed by atoms with Gasteiger partial charge in [0.1, 0.15) is 5.82 Å². The van der Waals surface area contributed by atoms with Crippen LogP contribution in [0.3, 0.4) is 0 Å². The highest BCUT2D eigenvalue weighted by atomic mass is 16.1. The Balaban J connectivity index is 3.47. The molecular weight excluding hydrogens is 340 g/mol. The lowest BCUT2D eigenvalue weighted by Crippen LogP contribution is -2.15. The lowest BCUT2D eigenvalue weighted by atomic mass is 10.0. The Morgan fingerprint density at radius 2 is 1.89 bits per heavy atom. The number of hydrogen-bond acceptors (Lipinski definition) is 5. The largest absolute Gasteiger partial charge is 0.398 e. The number of allylic oxidation sites excluding steroid dienone is 5. The van der Waals surface area contributed by atoms with Crippen LogP contribution in [0.15, 0.2) is 41.3 Å². The number of nitrogens with two attached hydrogens (primary N) is 2. The lowest BCUT2D eigenvalue weighted by Gasteiger charge is -2.09. The first-order valence-corrected chi connectivity index (χ1v) is 8.58. The number of primary amides is 1. The van der Waals surface area contributed by atoms with E-state index in [1.165, 1.54) is 6.08 Å². The van der Waals surface area contributed by atoms with Gasteiger partial charge in [0, 0.05) is 47.6 Å². The highest BCUT2D eigenvalue weighted by molar-refractivity contribution is 5.98. The van der Waals surface area contributed by atoms with E-state index in [4.69, 9.17) is 22.3 Å². The molecule has 1 heterocycles. The van der Waals surface area contributed by atoms with Gasteiger partial charge in [-0.1, -0.05) is 13.0 Å². The van der Waals surface area contributed by atoms with Crippen LogP contribution >= 0.6 is 0 Å². The van der Waals surface area contributed by atoms with Gasteiger partial charge in [0.2, 0.25) is 5.91 Å². The monoisotopic (exact) mass is 368 g/mol. The molecule has 1 aromatic heterocycles. The topological polar surface area (TPSA) is 135 Å². The predicted molar refractivity (Wildman–Crippen MR) is 111 cm³/mol. The molecule has 0 aromatic carbocycles. The minimum Gasteiger partial charge on any atom is -0.398 e. The number of rotatable bonds is 8. The molecule has 0 saturated carbocycles. The van der Waals surface area contributed by atoms with E-state index in [9.17, 15) is 4.79 Å². The Morgan fingerprint density at radius 3 is 2.37 bits per heavy atom. The number of nitrogens with zero attached hydrogens (tertiary/aromatic N) is 2. The third kappa shape index (κ3) is 5.64. The van der Waals surface area contributed by atoms with Crippen LogP contribution in [0.1, 0.15) is 45.6 Å². The van der Waals surface area contributed by atoms with Gasteiger partial charge >= 0.3 is 0 Å². The summed E-state index contributed by atoms with van der Waals surface area (Å²) in [5.74, 6) is 0.0826. The zero-order valence-corrected chi connectivity index (χ0v) is 16.6. The van der Waals surface area contributed by atoms with Crippen molar-refractivity contribution >= 4 is 29.0 Å². The van der Waals surface area contributed by atoms with Gasteiger partial charge in [0.15, 0.2) is 0 Å². The Bertz CT molecular complexity index is 880. The summed E-state index contributed by atoms with van der Waals surface area (Å²) in [5, 5.41) is 15.4. The normalized spacial score (nSPS) is 14.0. The fourth-order valence-electron chi connectivity index (χ4n) is 2.63. The SMILES string of the molecule is CC/C=C(/C=C(N)\C(C=N)=C(/C)c1nc(/C(C)=C/C(C)=N)cn1C)C(N)=O. The van der Waals surface area contributed by atoms with E-state index in [0.29, 0.717) is 34.7 Å². The molecule has 0 saturated heterocycles. The molecule has 0 aliphatic rings. The van der Waals surface area contributed by atoms with Gasteiger partial charge < -0.3 is 26.9 Å². The Labute approximate surface area is 160 Å². The van der Waals surface area contributed by atoms with Crippen LogP contribution in [0.2, 0.25) is 0 Å². The highest BCUT2D eigenvalue weighted by Crippen LogP contribution is 2.23. The summed E-state index contributed by atoms with van der Waals surface area (Å²) < 4.78 is 1.84. The third-order valence-corrected chi connectivity index (χ3v) is 3.93. The molecule has 0 atom stereocenters. The minimum atomic E-state index is -0.566. The number of carbonyl (C=O) groups excluding carboxylic acids is 1. The van der Waals surface area contributed by atoms with Gasteiger partial charge in [-0.3, -0.25) is 4.79 Å². The second-order valence-electron chi connectivity index (χ2n) is 6.29. The van der Waals surface area contributed by atoms with E-state index in [-0.39, 0.29) is 5.70 Å². The van der Waals surface area contributed by atoms with Gasteiger partial charge in [0.05, 0.1) is 5.69 Å². The number of hydrogen-bond donors (Lipinski definition) is 4. The van der Waals surface area contributed by atoms with E-state index >= 15 is 0 Å². The Morgan fingerprint density at radius 1 is 1.26 bits per heavy atom. The van der Waals surface area contributed by atoms with Crippen LogP contribution in [0.25, 0.3) is 11.1 Å². The lowest BCUT2D eigenvalue weighted by molar-refractivity contribution is -0.114. The van der Waals surface area contributed by atoms with Crippen LogP contribution < -0.4 is 11.5 Å². The van der Waals surface area contributed by atoms with Crippen molar-refractivity contribution in [3.63, 3.8) is 0 Å². The highest BCUT2D eigenvalue weighted by Gasteiger charge is 2.14. The van der Waals surface area contributed by atoms with Crippen LogP contribution in [-0.2, 0) is 11.8 Å². The Hall–Kier alpha value is -3.22. The Kier molecular flexibility index (Phi) is 7.65. The van der Waals surface area contributed by atoms with E-state index in [1.807, 2.05) is 38.6 Å². The summed E-state index contributed by atoms with van der Waals surface area (Å²) in [4.78, 5) is 16.1. The molecule has 0 aliphatic heterocycles. The van der Waals surface area contributed by atoms with Crippen molar-refractivity contribution in [1.82, 2.24) is 9.55 Å². The molecule has 0 radical (unpaired) electrons. The van der Waals surface area contributed by atoms with Crippen molar-refractivity contribution in [3.05, 3.63) is 52.8 Å². The molecular formula is C20H28N6O. The summed E-state index contributed by atoms with van der Waals surface area (Å²) in [6.07, 6.45) is 8.57. The number of carbonyl (C=O) groups is 1. The van der Waals surface area contributed by atoms with Gasteiger partial charge in [-0.05, 0) is 44.9 Å². The molecule has 7 nitrogen and oxygen atoms in total. The van der Waals surface area contributed by atoms with Gasteiger partial charge in [-0.25, -0.2) is 4.98 Å². The molecule has 1 rings (SSSR count). The quantitative estimate of drug-likeness (QED) is 0.319. The van der Waals surface area contributed by atoms with Gasteiger partial charge in [0.25, 0.3) is 0 Å². The zero-order chi connectivity index (χ0) is 20.7. The van der Waals surface area contributed by atoms with Crippen molar-refractivity contribution in [1.29, 1.82) is 10.8 Å². The van der Waals surface area contributed by atoms with Crippen LogP contribution in [0, 0.1) is 10.8 Å². The van der Waals surface area contributed by atoms with E-state index < -0.39 is 5.91 Å². The molecule has 0 bridgehead atoms. The average Bonchev–Trinajstić information content (AvgIpc) is 2.96. The molecule has 7 heteroatoms. The molecule has 0 unspecified atom stereocenters. The summed E-state index contributed by atoms with van der Waals surface area (Å²) in [6, 6.07) is 0. The minimum absolute atomic E-state index is 0.271. The standard InChI is InChI=1S/C20H28N6O/c1-6-7-15(19(24)27)9-17(23)16(10-21)14(4)20-25-18(11-26(20)5)12(2)8-13(3)22/h7-11,21-22H,6,23H2,1-5H3,(H2,24,27)/b12-8+,15-7-,16-14+,17-9+,21-10?,22-13?. The van der Waals surface area contributed by atoms with Gasteiger partial charge in [-0.2, -0.15) is 0 Å². The maximum Gasteiger partial charge on any atom is 0.248 e. The molecule has 1 amide bonds. The number of aryl methyl sites for hydroxylation is 1. The number of amides is 1. The first kappa shape index (κ1) is 21.8. The van der Waals surface area contributed by atoms with E-state index in [1.54, 1.807) is 19.1 Å². The van der Waals surface area contributed by atoms with Crippen molar-refractivity contribution in [3.8, 4) is 0 Å². The average molecular weight is 368 g/mol. The molecule has 6 N–H and O–H groups in total. The van der Waals surface area contributed by atoms with E-state index in [2.05, 4.69) is 4.98 Å². The second-order valence-corrected chi connectivity index (χ2v) is 6.29. The first-order valence-electron chi connectivity index (χ1n) is 8.58.